The number of hydrogen-bond donors (Lipinski definition) is 2. The third kappa shape index (κ3) is 2.75. The molecule has 0 aliphatic heterocycles. The van der Waals surface area contributed by atoms with E-state index in [0.29, 0.717) is 17.0 Å². The second kappa shape index (κ2) is 6.14. The quantitative estimate of drug-likeness (QED) is 0.590. The lowest BCUT2D eigenvalue weighted by molar-refractivity contribution is 0.756. The van der Waals surface area contributed by atoms with Gasteiger partial charge >= 0.3 is 0 Å². The molecule has 0 aliphatic rings. The first-order valence-electron chi connectivity index (χ1n) is 8.33. The summed E-state index contributed by atoms with van der Waals surface area (Å²) in [5.41, 5.74) is 3.12. The van der Waals surface area contributed by atoms with Gasteiger partial charge in [0.1, 0.15) is 5.39 Å². The van der Waals surface area contributed by atoms with Crippen LogP contribution in [0, 0.1) is 6.92 Å². The van der Waals surface area contributed by atoms with E-state index in [-0.39, 0.29) is 11.6 Å². The molecule has 3 heterocycles. The van der Waals surface area contributed by atoms with Crippen LogP contribution in [0.5, 0.6) is 0 Å². The number of rotatable bonds is 4. The van der Waals surface area contributed by atoms with E-state index in [0.717, 1.165) is 16.9 Å². The van der Waals surface area contributed by atoms with Crippen LogP contribution in [-0.4, -0.2) is 29.5 Å². The average molecular weight is 349 g/mol. The molecule has 0 saturated heterocycles. The third-order valence-corrected chi connectivity index (χ3v) is 4.31. The Balaban J connectivity index is 1.75. The summed E-state index contributed by atoms with van der Waals surface area (Å²) in [6, 6.07) is 9.55. The van der Waals surface area contributed by atoms with Gasteiger partial charge in [0.2, 0.25) is 5.95 Å². The van der Waals surface area contributed by atoms with E-state index in [1.807, 2.05) is 57.4 Å². The first kappa shape index (κ1) is 16.1. The Kier molecular flexibility index (Phi) is 3.80. The summed E-state index contributed by atoms with van der Waals surface area (Å²) in [5, 5.41) is 12.4. The summed E-state index contributed by atoms with van der Waals surface area (Å²) in [6.45, 7) is 3.96. The number of hydrogen-bond acceptors (Lipinski definition) is 5. The van der Waals surface area contributed by atoms with Gasteiger partial charge in [-0.25, -0.2) is 4.68 Å². The Morgan fingerprint density at radius 3 is 2.69 bits per heavy atom. The van der Waals surface area contributed by atoms with Crippen LogP contribution in [0.4, 0.5) is 5.95 Å². The molecule has 0 bridgehead atoms. The summed E-state index contributed by atoms with van der Waals surface area (Å²) < 4.78 is 3.43. The first-order valence-corrected chi connectivity index (χ1v) is 8.33. The van der Waals surface area contributed by atoms with Crippen molar-refractivity contribution >= 4 is 17.0 Å². The standard InChI is InChI=1S/C18H19N7O/c1-11(15-10-24(3)23-12(15)2)20-18-21-16-14(17(26)22-18)9-19-25(16)13-7-5-4-6-8-13/h4-11H,1-3H3,(H2,20,21,22,26)/t11-/m1/s1. The molecule has 0 fully saturated rings. The summed E-state index contributed by atoms with van der Waals surface area (Å²) in [7, 11) is 1.88. The number of aromatic nitrogens is 6. The van der Waals surface area contributed by atoms with Crippen LogP contribution in [0.3, 0.4) is 0 Å². The minimum Gasteiger partial charge on any atom is -0.349 e. The van der Waals surface area contributed by atoms with Crippen LogP contribution in [-0.2, 0) is 7.05 Å². The Labute approximate surface area is 149 Å². The molecular weight excluding hydrogens is 330 g/mol. The Hall–Kier alpha value is -3.42. The monoisotopic (exact) mass is 349 g/mol. The highest BCUT2D eigenvalue weighted by Gasteiger charge is 2.15. The lowest BCUT2D eigenvalue weighted by Gasteiger charge is -2.13. The molecule has 1 atom stereocenters. The minimum atomic E-state index is -0.227. The van der Waals surface area contributed by atoms with E-state index in [2.05, 4.69) is 25.5 Å². The fourth-order valence-corrected chi connectivity index (χ4v) is 3.07. The smallest absolute Gasteiger partial charge is 0.263 e. The summed E-state index contributed by atoms with van der Waals surface area (Å²) in [4.78, 5) is 19.8. The largest absolute Gasteiger partial charge is 0.349 e. The number of anilines is 1. The van der Waals surface area contributed by atoms with E-state index in [1.54, 1.807) is 9.36 Å². The zero-order valence-electron chi connectivity index (χ0n) is 14.8. The molecule has 8 nitrogen and oxygen atoms in total. The molecule has 2 N–H and O–H groups in total. The molecule has 132 valence electrons. The van der Waals surface area contributed by atoms with Crippen molar-refractivity contribution in [2.24, 2.45) is 7.05 Å². The second-order valence-electron chi connectivity index (χ2n) is 6.25. The predicted molar refractivity (Wildman–Crippen MR) is 99.5 cm³/mol. The molecule has 0 aliphatic carbocycles. The van der Waals surface area contributed by atoms with Gasteiger partial charge in [-0.05, 0) is 26.0 Å². The lowest BCUT2D eigenvalue weighted by atomic mass is 10.1. The van der Waals surface area contributed by atoms with Gasteiger partial charge in [-0.1, -0.05) is 18.2 Å². The van der Waals surface area contributed by atoms with Crippen LogP contribution in [0.25, 0.3) is 16.7 Å². The van der Waals surface area contributed by atoms with Crippen molar-refractivity contribution in [2.75, 3.05) is 5.32 Å². The molecule has 26 heavy (non-hydrogen) atoms. The van der Waals surface area contributed by atoms with E-state index >= 15 is 0 Å². The topological polar surface area (TPSA) is 93.4 Å². The van der Waals surface area contributed by atoms with Crippen LogP contribution in [0.1, 0.15) is 24.2 Å². The summed E-state index contributed by atoms with van der Waals surface area (Å²) >= 11 is 0. The van der Waals surface area contributed by atoms with Crippen LogP contribution >= 0.6 is 0 Å². The number of H-pyrrole nitrogens is 1. The molecule has 4 rings (SSSR count). The maximum atomic E-state index is 12.4. The fraction of sp³-hybridized carbons (Fsp3) is 0.222. The molecule has 0 radical (unpaired) electrons. The molecular formula is C18H19N7O. The van der Waals surface area contributed by atoms with Gasteiger partial charge in [0.15, 0.2) is 5.65 Å². The maximum absolute atomic E-state index is 12.4. The van der Waals surface area contributed by atoms with Crippen molar-refractivity contribution in [1.29, 1.82) is 0 Å². The molecule has 0 unspecified atom stereocenters. The number of nitrogens with zero attached hydrogens (tertiary/aromatic N) is 5. The van der Waals surface area contributed by atoms with E-state index < -0.39 is 0 Å². The van der Waals surface area contributed by atoms with Crippen molar-refractivity contribution in [1.82, 2.24) is 29.5 Å². The van der Waals surface area contributed by atoms with Gasteiger partial charge in [0, 0.05) is 18.8 Å². The van der Waals surface area contributed by atoms with Crippen molar-refractivity contribution in [3.63, 3.8) is 0 Å². The van der Waals surface area contributed by atoms with Crippen molar-refractivity contribution in [2.45, 2.75) is 19.9 Å². The molecule has 0 amide bonds. The molecule has 3 aromatic heterocycles. The number of benzene rings is 1. The van der Waals surface area contributed by atoms with Crippen LogP contribution in [0.2, 0.25) is 0 Å². The van der Waals surface area contributed by atoms with E-state index in [1.165, 1.54) is 6.20 Å². The fourth-order valence-electron chi connectivity index (χ4n) is 3.07. The van der Waals surface area contributed by atoms with Gasteiger partial charge < -0.3 is 5.32 Å². The van der Waals surface area contributed by atoms with Crippen molar-refractivity contribution < 1.29 is 0 Å². The second-order valence-corrected chi connectivity index (χ2v) is 6.25. The summed E-state index contributed by atoms with van der Waals surface area (Å²) in [6.07, 6.45) is 3.49. The van der Waals surface area contributed by atoms with Gasteiger partial charge in [0.25, 0.3) is 5.56 Å². The number of aryl methyl sites for hydroxylation is 2. The summed E-state index contributed by atoms with van der Waals surface area (Å²) in [5.74, 6) is 0.399. The Morgan fingerprint density at radius 2 is 2.00 bits per heavy atom. The van der Waals surface area contributed by atoms with Gasteiger partial charge in [-0.15, -0.1) is 0 Å². The average Bonchev–Trinajstić information content (AvgIpc) is 3.19. The minimum absolute atomic E-state index is 0.0580. The Bertz CT molecular complexity index is 1120. The lowest BCUT2D eigenvalue weighted by Crippen LogP contribution is -2.16. The van der Waals surface area contributed by atoms with Gasteiger partial charge in [-0.3, -0.25) is 14.5 Å². The van der Waals surface area contributed by atoms with E-state index in [9.17, 15) is 4.79 Å². The number of aromatic amines is 1. The number of nitrogens with one attached hydrogen (secondary N) is 2. The highest BCUT2D eigenvalue weighted by Crippen LogP contribution is 2.20. The molecule has 4 aromatic rings. The third-order valence-electron chi connectivity index (χ3n) is 4.31. The maximum Gasteiger partial charge on any atom is 0.263 e. The number of para-hydroxylation sites is 1. The van der Waals surface area contributed by atoms with Crippen LogP contribution < -0.4 is 10.9 Å². The van der Waals surface area contributed by atoms with Gasteiger partial charge in [-0.2, -0.15) is 15.2 Å². The molecule has 8 heteroatoms. The highest BCUT2D eigenvalue weighted by atomic mass is 16.1. The SMILES string of the molecule is Cc1nn(C)cc1[C@@H](C)Nc1nc2c(cnn2-c2ccccc2)c(=O)[nH]1. The highest BCUT2D eigenvalue weighted by molar-refractivity contribution is 5.76. The van der Waals surface area contributed by atoms with Gasteiger partial charge in [0.05, 0.1) is 23.6 Å². The zero-order valence-corrected chi connectivity index (χ0v) is 14.8. The van der Waals surface area contributed by atoms with Crippen molar-refractivity contribution in [3.8, 4) is 5.69 Å². The number of fused-ring (bicyclic) bond motifs is 1. The van der Waals surface area contributed by atoms with E-state index in [4.69, 9.17) is 0 Å². The molecule has 0 saturated carbocycles. The first-order chi connectivity index (χ1) is 12.5. The molecule has 1 aromatic carbocycles. The zero-order chi connectivity index (χ0) is 18.3. The normalized spacial score (nSPS) is 12.4. The Morgan fingerprint density at radius 1 is 1.23 bits per heavy atom. The van der Waals surface area contributed by atoms with Crippen molar-refractivity contribution in [3.05, 3.63) is 64.3 Å². The molecule has 0 spiro atoms. The van der Waals surface area contributed by atoms with Crippen LogP contribution in [0.15, 0.2) is 47.5 Å². The predicted octanol–water partition coefficient (Wildman–Crippen LogP) is 2.32.